The van der Waals surface area contributed by atoms with Crippen molar-refractivity contribution in [2.24, 2.45) is 0 Å². The molecule has 0 radical (unpaired) electrons. The van der Waals surface area contributed by atoms with Crippen LogP contribution in [0.4, 0.5) is 0 Å². The van der Waals surface area contributed by atoms with Gasteiger partial charge in [-0.1, -0.05) is 0 Å². The Labute approximate surface area is 96.1 Å². The minimum absolute atomic E-state index is 1.02. The number of hydrogen-bond donors (Lipinski definition) is 0. The average Bonchev–Trinajstić information content (AvgIpc) is 1.92. The predicted molar refractivity (Wildman–Crippen MR) is 74.3 cm³/mol. The van der Waals surface area contributed by atoms with Gasteiger partial charge in [-0.2, -0.15) is 0 Å². The van der Waals surface area contributed by atoms with Crippen LogP contribution >= 0.6 is 0 Å². The van der Waals surface area contributed by atoms with Crippen molar-refractivity contribution in [3.8, 4) is 0 Å². The summed E-state index contributed by atoms with van der Waals surface area (Å²) in [5, 5.41) is 0. The number of allylic oxidation sites excluding steroid dienone is 1. The Morgan fingerprint density at radius 3 is 1.93 bits per heavy atom. The molecule has 0 aromatic heterocycles. The molecular formula is C12H28SiSn. The minimum atomic E-state index is -1.78. The Bertz CT molecular complexity index is 177. The number of rotatable bonds is 5. The van der Waals surface area contributed by atoms with Crippen molar-refractivity contribution in [1.82, 2.24) is 0 Å². The standard InChI is InChI=1S/C9H19Si.3CH3.Sn/c1-5-6-7-8-9-10(2,3)4;;;;/h8H,5-7H2,1-4H3;3*1H3;. The molecule has 84 valence electrons. The second kappa shape index (κ2) is 5.73. The van der Waals surface area contributed by atoms with Gasteiger partial charge in [0.25, 0.3) is 0 Å². The van der Waals surface area contributed by atoms with Gasteiger partial charge in [-0.05, 0) is 0 Å². The molecule has 0 N–H and O–H groups in total. The molecule has 0 heterocycles. The zero-order chi connectivity index (χ0) is 11.4. The van der Waals surface area contributed by atoms with Crippen LogP contribution in [0.25, 0.3) is 0 Å². The molecule has 0 aliphatic carbocycles. The summed E-state index contributed by atoms with van der Waals surface area (Å²) in [4.78, 5) is 7.68. The molecule has 0 aliphatic heterocycles. The second-order valence-electron chi connectivity index (χ2n) is 6.26. The molecule has 0 aromatic rings. The first kappa shape index (κ1) is 14.8. The molecule has 0 unspecified atom stereocenters. The van der Waals surface area contributed by atoms with E-state index in [-0.39, 0.29) is 0 Å². The second-order valence-corrected chi connectivity index (χ2v) is 27.1. The van der Waals surface area contributed by atoms with Crippen LogP contribution in [-0.4, -0.2) is 26.5 Å². The molecule has 0 amide bonds. The average molecular weight is 319 g/mol. The third-order valence-electron chi connectivity index (χ3n) is 2.52. The molecule has 0 saturated carbocycles. The maximum atomic E-state index is 2.62. The van der Waals surface area contributed by atoms with E-state index >= 15 is 0 Å². The van der Waals surface area contributed by atoms with E-state index in [1.807, 2.05) is 3.21 Å². The monoisotopic (exact) mass is 320 g/mol. The van der Waals surface area contributed by atoms with E-state index < -0.39 is 26.5 Å². The Kier molecular flexibility index (Phi) is 6.04. The molecule has 0 fully saturated rings. The van der Waals surface area contributed by atoms with Crippen molar-refractivity contribution in [3.05, 3.63) is 9.29 Å². The summed E-state index contributed by atoms with van der Waals surface area (Å²) in [7, 11) is -1.02. The first-order chi connectivity index (χ1) is 6.19. The Hall–Kier alpha value is 0.756. The summed E-state index contributed by atoms with van der Waals surface area (Å²) in [5.41, 5.74) is 0. The van der Waals surface area contributed by atoms with E-state index in [2.05, 4.69) is 47.5 Å². The van der Waals surface area contributed by atoms with Crippen molar-refractivity contribution in [3.63, 3.8) is 0 Å². The summed E-state index contributed by atoms with van der Waals surface area (Å²) in [5.74, 6) is 0. The summed E-state index contributed by atoms with van der Waals surface area (Å²) in [6.45, 7) is 9.80. The molecule has 0 bridgehead atoms. The van der Waals surface area contributed by atoms with Crippen LogP contribution in [0.5, 0.6) is 0 Å². The third kappa shape index (κ3) is 5.59. The molecule has 0 aromatic carbocycles. The van der Waals surface area contributed by atoms with Crippen LogP contribution in [0.2, 0.25) is 34.5 Å². The zero-order valence-electron chi connectivity index (χ0n) is 11.2. The van der Waals surface area contributed by atoms with Gasteiger partial charge in [0.2, 0.25) is 0 Å². The molecule has 0 saturated heterocycles. The van der Waals surface area contributed by atoms with E-state index in [1.54, 1.807) is 0 Å². The molecule has 0 aliphatic rings. The molecule has 0 atom stereocenters. The normalized spacial score (nSPS) is 14.6. The number of unbranched alkanes of at least 4 members (excludes halogenated alkanes) is 2. The molecule has 2 heteroatoms. The van der Waals surface area contributed by atoms with Crippen LogP contribution in [0.1, 0.15) is 26.2 Å². The van der Waals surface area contributed by atoms with E-state index in [0.717, 1.165) is 0 Å². The van der Waals surface area contributed by atoms with Crippen molar-refractivity contribution >= 4 is 26.5 Å². The zero-order valence-corrected chi connectivity index (χ0v) is 15.1. The van der Waals surface area contributed by atoms with Crippen molar-refractivity contribution in [1.29, 1.82) is 0 Å². The topological polar surface area (TPSA) is 0 Å². The third-order valence-corrected chi connectivity index (χ3v) is 21.0. The van der Waals surface area contributed by atoms with Crippen molar-refractivity contribution < 1.29 is 0 Å². The fourth-order valence-corrected chi connectivity index (χ4v) is 26.6. The Morgan fingerprint density at radius 2 is 1.64 bits per heavy atom. The fourth-order valence-electron chi connectivity index (χ4n) is 2.19. The fraction of sp³-hybridized carbons (Fsp3) is 0.833. The van der Waals surface area contributed by atoms with Crippen LogP contribution in [0.15, 0.2) is 9.29 Å². The van der Waals surface area contributed by atoms with E-state index in [1.165, 1.54) is 19.3 Å². The van der Waals surface area contributed by atoms with Gasteiger partial charge in [0, 0.05) is 0 Å². The first-order valence-electron chi connectivity index (χ1n) is 5.90. The van der Waals surface area contributed by atoms with Crippen LogP contribution in [0, 0.1) is 0 Å². The summed E-state index contributed by atoms with van der Waals surface area (Å²) in [6, 6.07) is 0. The van der Waals surface area contributed by atoms with Gasteiger partial charge in [-0.3, -0.25) is 0 Å². The van der Waals surface area contributed by atoms with Gasteiger partial charge in [0.15, 0.2) is 0 Å². The maximum absolute atomic E-state index is 2.62. The molecule has 0 nitrogen and oxygen atoms in total. The quantitative estimate of drug-likeness (QED) is 0.501. The molecule has 0 spiro atoms. The van der Waals surface area contributed by atoms with E-state index in [9.17, 15) is 0 Å². The van der Waals surface area contributed by atoms with E-state index in [4.69, 9.17) is 0 Å². The Balaban J connectivity index is 4.66. The van der Waals surface area contributed by atoms with Gasteiger partial charge in [0.1, 0.15) is 0 Å². The molecular weight excluding hydrogens is 291 g/mol. The number of hydrogen-bond acceptors (Lipinski definition) is 0. The van der Waals surface area contributed by atoms with Gasteiger partial charge < -0.3 is 0 Å². The van der Waals surface area contributed by atoms with Gasteiger partial charge >= 0.3 is 96.4 Å². The summed E-state index contributed by atoms with van der Waals surface area (Å²) >= 11 is -1.78. The van der Waals surface area contributed by atoms with Gasteiger partial charge in [-0.15, -0.1) is 0 Å². The van der Waals surface area contributed by atoms with Gasteiger partial charge in [0.05, 0.1) is 0 Å². The van der Waals surface area contributed by atoms with Crippen LogP contribution in [-0.2, 0) is 0 Å². The molecule has 0 rings (SSSR count). The molecule has 14 heavy (non-hydrogen) atoms. The summed E-state index contributed by atoms with van der Waals surface area (Å²) < 4.78 is 1.94. The predicted octanol–water partition coefficient (Wildman–Crippen LogP) is 4.86. The van der Waals surface area contributed by atoms with Crippen LogP contribution in [0.3, 0.4) is 0 Å². The van der Waals surface area contributed by atoms with Gasteiger partial charge in [-0.25, -0.2) is 0 Å². The Morgan fingerprint density at radius 1 is 1.14 bits per heavy atom. The van der Waals surface area contributed by atoms with Crippen molar-refractivity contribution in [2.45, 2.75) is 60.6 Å². The van der Waals surface area contributed by atoms with Crippen LogP contribution < -0.4 is 0 Å². The summed E-state index contributed by atoms with van der Waals surface area (Å²) in [6.07, 6.45) is 6.64. The first-order valence-corrected chi connectivity index (χ1v) is 19.4. The SMILES string of the molecule is CCCC/C=[C](\[Si](C)(C)C)[Sn]([CH3])([CH3])[CH3]. The van der Waals surface area contributed by atoms with Crippen molar-refractivity contribution in [2.75, 3.05) is 0 Å². The van der Waals surface area contributed by atoms with E-state index in [0.29, 0.717) is 0 Å².